The van der Waals surface area contributed by atoms with Crippen molar-refractivity contribution < 1.29 is 14.6 Å². The van der Waals surface area contributed by atoms with E-state index < -0.39 is 0 Å². The predicted molar refractivity (Wildman–Crippen MR) is 105 cm³/mol. The standard InChI is InChI=1S/C21H23N3O3/c1-2-26-15-7-3-6-14(12-15)22-21-18-13-17-16(20(18)23-24-21)8-4-9-19(17)27-11-5-10-25/h3-4,6-9,12,25H,2,5,10-11,13H2,1H3,(H2,22,23,24). The van der Waals surface area contributed by atoms with Gasteiger partial charge in [0, 0.05) is 47.9 Å². The molecule has 3 aromatic rings. The normalized spacial score (nSPS) is 11.8. The second kappa shape index (κ2) is 7.72. The number of aliphatic hydroxyl groups excluding tert-OH is 1. The van der Waals surface area contributed by atoms with E-state index in [1.807, 2.05) is 43.3 Å². The van der Waals surface area contributed by atoms with Gasteiger partial charge in [-0.2, -0.15) is 5.10 Å². The first-order valence-electron chi connectivity index (χ1n) is 9.23. The van der Waals surface area contributed by atoms with Crippen molar-refractivity contribution in [2.24, 2.45) is 0 Å². The number of anilines is 2. The average molecular weight is 365 g/mol. The Hall–Kier alpha value is -2.99. The molecule has 1 aliphatic rings. The summed E-state index contributed by atoms with van der Waals surface area (Å²) in [6.07, 6.45) is 1.38. The molecular formula is C21H23N3O3. The van der Waals surface area contributed by atoms with Crippen LogP contribution in [0.25, 0.3) is 11.3 Å². The van der Waals surface area contributed by atoms with Crippen molar-refractivity contribution >= 4 is 11.5 Å². The topological polar surface area (TPSA) is 79.4 Å². The first-order valence-corrected chi connectivity index (χ1v) is 9.23. The quantitative estimate of drug-likeness (QED) is 0.413. The summed E-state index contributed by atoms with van der Waals surface area (Å²) < 4.78 is 11.4. The van der Waals surface area contributed by atoms with Crippen LogP contribution in [0.3, 0.4) is 0 Å². The van der Waals surface area contributed by atoms with Crippen molar-refractivity contribution in [3.63, 3.8) is 0 Å². The first-order chi connectivity index (χ1) is 13.3. The second-order valence-corrected chi connectivity index (χ2v) is 6.40. The maximum absolute atomic E-state index is 8.97. The Kier molecular flexibility index (Phi) is 4.98. The minimum Gasteiger partial charge on any atom is -0.494 e. The minimum absolute atomic E-state index is 0.132. The molecule has 2 aromatic carbocycles. The zero-order valence-electron chi connectivity index (χ0n) is 15.3. The highest BCUT2D eigenvalue weighted by Gasteiger charge is 2.27. The summed E-state index contributed by atoms with van der Waals surface area (Å²) in [5, 5.41) is 20.0. The van der Waals surface area contributed by atoms with E-state index in [9.17, 15) is 0 Å². The number of benzene rings is 2. The van der Waals surface area contributed by atoms with Crippen LogP contribution in [0.2, 0.25) is 0 Å². The number of H-pyrrole nitrogens is 1. The van der Waals surface area contributed by atoms with Gasteiger partial charge in [0.1, 0.15) is 11.5 Å². The Morgan fingerprint density at radius 2 is 2.04 bits per heavy atom. The van der Waals surface area contributed by atoms with E-state index in [0.29, 0.717) is 19.6 Å². The first kappa shape index (κ1) is 17.4. The molecule has 1 aromatic heterocycles. The molecule has 140 valence electrons. The molecule has 0 saturated heterocycles. The largest absolute Gasteiger partial charge is 0.494 e. The van der Waals surface area contributed by atoms with Crippen molar-refractivity contribution in [2.45, 2.75) is 19.8 Å². The molecule has 1 heterocycles. The van der Waals surface area contributed by atoms with Crippen LogP contribution in [0.4, 0.5) is 11.5 Å². The van der Waals surface area contributed by atoms with Gasteiger partial charge in [-0.3, -0.25) is 5.10 Å². The van der Waals surface area contributed by atoms with Gasteiger partial charge in [-0.1, -0.05) is 18.2 Å². The molecule has 0 spiro atoms. The SMILES string of the molecule is CCOc1cccc(Nc2n[nH]c3c2Cc2c(OCCCO)cccc2-3)c1. The summed E-state index contributed by atoms with van der Waals surface area (Å²) in [7, 11) is 0. The number of nitrogens with zero attached hydrogens (tertiary/aromatic N) is 1. The molecule has 1 aliphatic carbocycles. The predicted octanol–water partition coefficient (Wildman–Crippen LogP) is 3.88. The van der Waals surface area contributed by atoms with Gasteiger partial charge in [-0.25, -0.2) is 0 Å². The van der Waals surface area contributed by atoms with Gasteiger partial charge in [-0.15, -0.1) is 0 Å². The Morgan fingerprint density at radius 1 is 1.15 bits per heavy atom. The summed E-state index contributed by atoms with van der Waals surface area (Å²) >= 11 is 0. The lowest BCUT2D eigenvalue weighted by atomic mass is 10.1. The Bertz CT molecular complexity index is 936. The van der Waals surface area contributed by atoms with Gasteiger partial charge in [0.15, 0.2) is 5.82 Å². The molecule has 6 nitrogen and oxygen atoms in total. The number of hydrogen-bond donors (Lipinski definition) is 3. The zero-order valence-corrected chi connectivity index (χ0v) is 15.3. The lowest BCUT2D eigenvalue weighted by Gasteiger charge is -2.10. The number of fused-ring (bicyclic) bond motifs is 3. The van der Waals surface area contributed by atoms with E-state index in [1.54, 1.807) is 0 Å². The van der Waals surface area contributed by atoms with E-state index in [4.69, 9.17) is 14.6 Å². The number of ether oxygens (including phenoxy) is 2. The summed E-state index contributed by atoms with van der Waals surface area (Å²) in [5.74, 6) is 2.52. The summed E-state index contributed by atoms with van der Waals surface area (Å²) in [4.78, 5) is 0. The molecule has 0 fully saturated rings. The molecule has 0 unspecified atom stereocenters. The molecule has 6 heteroatoms. The molecule has 0 aliphatic heterocycles. The summed E-state index contributed by atoms with van der Waals surface area (Å²) in [5.41, 5.74) is 5.37. The Balaban J connectivity index is 1.57. The molecule has 4 rings (SSSR count). The molecule has 0 atom stereocenters. The highest BCUT2D eigenvalue weighted by atomic mass is 16.5. The van der Waals surface area contributed by atoms with Crippen LogP contribution in [0.5, 0.6) is 11.5 Å². The number of aromatic amines is 1. The van der Waals surface area contributed by atoms with E-state index in [2.05, 4.69) is 21.6 Å². The van der Waals surface area contributed by atoms with Gasteiger partial charge in [0.25, 0.3) is 0 Å². The molecule has 27 heavy (non-hydrogen) atoms. The second-order valence-electron chi connectivity index (χ2n) is 6.40. The van der Waals surface area contributed by atoms with E-state index in [-0.39, 0.29) is 6.61 Å². The van der Waals surface area contributed by atoms with Gasteiger partial charge >= 0.3 is 0 Å². The van der Waals surface area contributed by atoms with Crippen LogP contribution in [0.15, 0.2) is 42.5 Å². The molecule has 0 saturated carbocycles. The van der Waals surface area contributed by atoms with Crippen LogP contribution < -0.4 is 14.8 Å². The Morgan fingerprint density at radius 3 is 2.89 bits per heavy atom. The van der Waals surface area contributed by atoms with Gasteiger partial charge in [0.05, 0.1) is 18.9 Å². The van der Waals surface area contributed by atoms with Crippen LogP contribution >= 0.6 is 0 Å². The van der Waals surface area contributed by atoms with Crippen LogP contribution in [-0.2, 0) is 6.42 Å². The van der Waals surface area contributed by atoms with Crippen LogP contribution in [0, 0.1) is 0 Å². The highest BCUT2D eigenvalue weighted by Crippen LogP contribution is 2.43. The number of nitrogens with one attached hydrogen (secondary N) is 2. The average Bonchev–Trinajstić information content (AvgIpc) is 3.23. The van der Waals surface area contributed by atoms with E-state index >= 15 is 0 Å². The fourth-order valence-corrected chi connectivity index (χ4v) is 3.37. The summed E-state index contributed by atoms with van der Waals surface area (Å²) in [6, 6.07) is 13.9. The van der Waals surface area contributed by atoms with E-state index in [0.717, 1.165) is 51.8 Å². The van der Waals surface area contributed by atoms with Crippen molar-refractivity contribution in [1.82, 2.24) is 10.2 Å². The van der Waals surface area contributed by atoms with E-state index in [1.165, 1.54) is 0 Å². The molecule has 3 N–H and O–H groups in total. The van der Waals surface area contributed by atoms with Gasteiger partial charge in [-0.05, 0) is 25.1 Å². The third-order valence-corrected chi connectivity index (χ3v) is 4.59. The molecule has 0 radical (unpaired) electrons. The molecular weight excluding hydrogens is 342 g/mol. The smallest absolute Gasteiger partial charge is 0.156 e. The van der Waals surface area contributed by atoms with Crippen molar-refractivity contribution in [2.75, 3.05) is 25.1 Å². The number of aliphatic hydroxyl groups is 1. The van der Waals surface area contributed by atoms with Crippen molar-refractivity contribution in [3.8, 4) is 22.8 Å². The summed E-state index contributed by atoms with van der Waals surface area (Å²) in [6.45, 7) is 3.25. The molecule has 0 amide bonds. The van der Waals surface area contributed by atoms with Crippen LogP contribution in [-0.4, -0.2) is 35.1 Å². The highest BCUT2D eigenvalue weighted by molar-refractivity contribution is 5.81. The monoisotopic (exact) mass is 365 g/mol. The third-order valence-electron chi connectivity index (χ3n) is 4.59. The zero-order chi connectivity index (χ0) is 18.6. The van der Waals surface area contributed by atoms with Gasteiger partial charge < -0.3 is 19.9 Å². The lowest BCUT2D eigenvalue weighted by Crippen LogP contribution is -2.02. The maximum atomic E-state index is 8.97. The van der Waals surface area contributed by atoms with Crippen LogP contribution in [0.1, 0.15) is 24.5 Å². The van der Waals surface area contributed by atoms with Crippen molar-refractivity contribution in [1.29, 1.82) is 0 Å². The molecule has 0 bridgehead atoms. The lowest BCUT2D eigenvalue weighted by molar-refractivity contribution is 0.233. The number of rotatable bonds is 8. The maximum Gasteiger partial charge on any atom is 0.156 e. The third kappa shape index (κ3) is 3.48. The van der Waals surface area contributed by atoms with Crippen molar-refractivity contribution in [3.05, 3.63) is 53.6 Å². The number of hydrogen-bond acceptors (Lipinski definition) is 5. The van der Waals surface area contributed by atoms with Gasteiger partial charge in [0.2, 0.25) is 0 Å². The Labute approximate surface area is 158 Å². The minimum atomic E-state index is 0.132. The fraction of sp³-hybridized carbons (Fsp3) is 0.286. The number of aromatic nitrogens is 2. The fourth-order valence-electron chi connectivity index (χ4n) is 3.37.